The second-order valence-corrected chi connectivity index (χ2v) is 6.04. The molecule has 1 heterocycles. The maximum Gasteiger partial charge on any atom is 0.144 e. The Bertz CT molecular complexity index is 343. The van der Waals surface area contributed by atoms with Crippen LogP contribution in [-0.2, 0) is 0 Å². The highest BCUT2D eigenvalue weighted by Gasteiger charge is 2.07. The first kappa shape index (κ1) is 8.60. The van der Waals surface area contributed by atoms with Crippen LogP contribution in [0.4, 0.5) is 0 Å². The molecule has 0 radical (unpaired) electrons. The number of hydrogen-bond donors (Lipinski definition) is 0. The van der Waals surface area contributed by atoms with E-state index < -0.39 is 0 Å². The Morgan fingerprint density at radius 2 is 2.25 bits per heavy atom. The van der Waals surface area contributed by atoms with Crippen molar-refractivity contribution in [2.75, 3.05) is 0 Å². The van der Waals surface area contributed by atoms with Crippen LogP contribution < -0.4 is 0 Å². The van der Waals surface area contributed by atoms with E-state index in [1.165, 1.54) is 36.1 Å². The van der Waals surface area contributed by atoms with Crippen LogP contribution in [0.25, 0.3) is 5.57 Å². The summed E-state index contributed by atoms with van der Waals surface area (Å²) in [7, 11) is 0. The molecule has 0 aliphatic heterocycles. The monoisotopic (exact) mass is 214 g/mol. The highest BCUT2D eigenvalue weighted by Crippen LogP contribution is 2.31. The zero-order chi connectivity index (χ0) is 8.39. The molecule has 2 rings (SSSR count). The largest absolute Gasteiger partial charge is 0.144 e. The van der Waals surface area contributed by atoms with Crippen LogP contribution in [0.3, 0.4) is 0 Å². The molecule has 0 unspecified atom stereocenters. The van der Waals surface area contributed by atoms with Crippen LogP contribution in [-0.4, -0.2) is 0 Å². The van der Waals surface area contributed by atoms with Gasteiger partial charge in [0.25, 0.3) is 0 Å². The molecule has 0 spiro atoms. The molecule has 3 heteroatoms. The van der Waals surface area contributed by atoms with Crippen LogP contribution in [0.2, 0.25) is 0 Å². The zero-order valence-electron chi connectivity index (χ0n) is 6.71. The van der Waals surface area contributed by atoms with E-state index in [-0.39, 0.29) is 0 Å². The molecule has 0 aromatic carbocycles. The molecule has 0 N–H and O–H groups in total. The van der Waals surface area contributed by atoms with Gasteiger partial charge >= 0.3 is 0 Å². The normalized spacial score (nSPS) is 17.5. The third kappa shape index (κ3) is 1.84. The average molecular weight is 214 g/mol. The highest BCUT2D eigenvalue weighted by atomic mass is 32.2. The molecular formula is C9H10S3. The maximum atomic E-state index is 5.11. The lowest BCUT2D eigenvalue weighted by Gasteiger charge is -2.09. The molecular weight excluding hydrogens is 204 g/mol. The predicted molar refractivity (Wildman–Crippen MR) is 59.5 cm³/mol. The van der Waals surface area contributed by atoms with Gasteiger partial charge in [-0.05, 0) is 31.3 Å². The van der Waals surface area contributed by atoms with Gasteiger partial charge in [-0.1, -0.05) is 18.3 Å². The highest BCUT2D eigenvalue weighted by molar-refractivity contribution is 7.76. The van der Waals surface area contributed by atoms with Crippen LogP contribution in [0.5, 0.6) is 0 Å². The minimum absolute atomic E-state index is 1.05. The minimum Gasteiger partial charge on any atom is -0.121 e. The summed E-state index contributed by atoms with van der Waals surface area (Å²) in [5.41, 5.74) is 1.53. The summed E-state index contributed by atoms with van der Waals surface area (Å²) in [6.07, 6.45) is 7.59. The summed E-state index contributed by atoms with van der Waals surface area (Å²) in [5.74, 6) is 0. The van der Waals surface area contributed by atoms with Gasteiger partial charge in [0.15, 0.2) is 0 Å². The Morgan fingerprint density at radius 1 is 1.33 bits per heavy atom. The third-order valence-corrected chi connectivity index (χ3v) is 4.60. The first-order chi connectivity index (χ1) is 5.86. The van der Waals surface area contributed by atoms with Crippen molar-refractivity contribution in [2.24, 2.45) is 0 Å². The summed E-state index contributed by atoms with van der Waals surface area (Å²) < 4.78 is 1.05. The molecule has 0 saturated heterocycles. The van der Waals surface area contributed by atoms with Gasteiger partial charge in [-0.15, -0.1) is 22.7 Å². The van der Waals surface area contributed by atoms with Crippen LogP contribution in [0.1, 0.15) is 30.6 Å². The predicted octanol–water partition coefficient (Wildman–Crippen LogP) is 4.50. The van der Waals surface area contributed by atoms with Crippen molar-refractivity contribution in [3.8, 4) is 0 Å². The van der Waals surface area contributed by atoms with Gasteiger partial charge in [0.1, 0.15) is 3.14 Å². The minimum atomic E-state index is 1.05. The standard InChI is InChI=1S/C9H10S3/c10-9-11-6-8(12-9)7-4-2-1-3-5-7/h4,6H,1-3,5H2. The lowest BCUT2D eigenvalue weighted by Crippen LogP contribution is -1.88. The Kier molecular flexibility index (Phi) is 2.73. The van der Waals surface area contributed by atoms with Gasteiger partial charge in [-0.25, -0.2) is 0 Å². The van der Waals surface area contributed by atoms with Gasteiger partial charge in [0, 0.05) is 10.3 Å². The Morgan fingerprint density at radius 3 is 2.83 bits per heavy atom. The maximum absolute atomic E-state index is 5.11. The summed E-state index contributed by atoms with van der Waals surface area (Å²) >= 11 is 8.56. The number of allylic oxidation sites excluding steroid dienone is 2. The quantitative estimate of drug-likeness (QED) is 0.620. The molecule has 64 valence electrons. The lowest BCUT2D eigenvalue weighted by atomic mass is 9.99. The molecule has 1 aromatic heterocycles. The van der Waals surface area contributed by atoms with Gasteiger partial charge in [0.05, 0.1) is 0 Å². The van der Waals surface area contributed by atoms with Crippen molar-refractivity contribution in [2.45, 2.75) is 25.7 Å². The van der Waals surface area contributed by atoms with Crippen molar-refractivity contribution in [3.05, 3.63) is 19.5 Å². The van der Waals surface area contributed by atoms with Crippen LogP contribution >= 0.6 is 34.9 Å². The second kappa shape index (κ2) is 3.81. The molecule has 0 saturated carbocycles. The van der Waals surface area contributed by atoms with Crippen molar-refractivity contribution >= 4 is 40.5 Å². The van der Waals surface area contributed by atoms with E-state index >= 15 is 0 Å². The van der Waals surface area contributed by atoms with Crippen LogP contribution in [0.15, 0.2) is 11.5 Å². The lowest BCUT2D eigenvalue weighted by molar-refractivity contribution is 0.743. The summed E-state index contributed by atoms with van der Waals surface area (Å²) in [6, 6.07) is 0. The Balaban J connectivity index is 2.29. The molecule has 0 nitrogen and oxygen atoms in total. The summed E-state index contributed by atoms with van der Waals surface area (Å²) in [4.78, 5) is 1.41. The molecule has 0 amide bonds. The first-order valence-corrected chi connectivity index (χ1v) is 6.25. The van der Waals surface area contributed by atoms with Gasteiger partial charge in [-0.2, -0.15) is 0 Å². The SMILES string of the molecule is S=c1scc(C2=CCCCC2)s1. The van der Waals surface area contributed by atoms with E-state index in [0.717, 1.165) is 3.14 Å². The fraction of sp³-hybridized carbons (Fsp3) is 0.444. The van der Waals surface area contributed by atoms with E-state index in [2.05, 4.69) is 11.5 Å². The van der Waals surface area contributed by atoms with Gasteiger partial charge < -0.3 is 0 Å². The molecule has 0 bridgehead atoms. The van der Waals surface area contributed by atoms with E-state index in [4.69, 9.17) is 12.2 Å². The topological polar surface area (TPSA) is 0 Å². The molecule has 1 aliphatic carbocycles. The molecule has 0 atom stereocenters. The summed E-state index contributed by atoms with van der Waals surface area (Å²) in [6.45, 7) is 0. The number of rotatable bonds is 1. The van der Waals surface area contributed by atoms with Crippen molar-refractivity contribution in [3.63, 3.8) is 0 Å². The van der Waals surface area contributed by atoms with Gasteiger partial charge in [0.2, 0.25) is 0 Å². The fourth-order valence-electron chi connectivity index (χ4n) is 1.44. The summed E-state index contributed by atoms with van der Waals surface area (Å²) in [5, 5.41) is 2.20. The fourth-order valence-corrected chi connectivity index (χ4v) is 3.65. The smallest absolute Gasteiger partial charge is 0.121 e. The van der Waals surface area contributed by atoms with Crippen molar-refractivity contribution in [1.82, 2.24) is 0 Å². The first-order valence-electron chi connectivity index (χ1n) is 4.14. The molecule has 1 aliphatic rings. The second-order valence-electron chi connectivity index (χ2n) is 2.93. The van der Waals surface area contributed by atoms with E-state index in [0.29, 0.717) is 0 Å². The van der Waals surface area contributed by atoms with E-state index in [1.54, 1.807) is 22.7 Å². The van der Waals surface area contributed by atoms with Crippen LogP contribution in [0, 0.1) is 3.14 Å². The van der Waals surface area contributed by atoms with E-state index in [1.807, 2.05) is 0 Å². The molecule has 1 aromatic rings. The third-order valence-electron chi connectivity index (χ3n) is 2.06. The van der Waals surface area contributed by atoms with Crippen molar-refractivity contribution < 1.29 is 0 Å². The molecule has 12 heavy (non-hydrogen) atoms. The van der Waals surface area contributed by atoms with Gasteiger partial charge in [-0.3, -0.25) is 0 Å². The number of hydrogen-bond acceptors (Lipinski definition) is 3. The molecule has 0 fully saturated rings. The van der Waals surface area contributed by atoms with E-state index in [9.17, 15) is 0 Å². The average Bonchev–Trinajstić information content (AvgIpc) is 2.54. The zero-order valence-corrected chi connectivity index (χ0v) is 9.16. The Labute approximate surface area is 85.6 Å². The Hall–Kier alpha value is 0.01000. The van der Waals surface area contributed by atoms with Crippen molar-refractivity contribution in [1.29, 1.82) is 0 Å².